The number of carbonyl (C=O) groups is 2. The summed E-state index contributed by atoms with van der Waals surface area (Å²) in [5, 5.41) is 11.4. The van der Waals surface area contributed by atoms with Gasteiger partial charge in [-0.25, -0.2) is 0 Å². The van der Waals surface area contributed by atoms with E-state index in [0.717, 1.165) is 30.4 Å². The summed E-state index contributed by atoms with van der Waals surface area (Å²) >= 11 is 0. The predicted octanol–water partition coefficient (Wildman–Crippen LogP) is 5.34. The third kappa shape index (κ3) is 5.90. The number of amides is 1. The van der Waals surface area contributed by atoms with Crippen molar-refractivity contribution in [1.82, 2.24) is 4.90 Å². The molecule has 7 nitrogen and oxygen atoms in total. The molecule has 0 aliphatic carbocycles. The lowest BCUT2D eigenvalue weighted by Gasteiger charge is -2.26. The number of ketones is 1. The number of aliphatic hydroxyl groups excluding tert-OH is 1. The SMILES string of the molecule is CCCCCOc1ccc(C2/C(=C(\O)c3cc(C)ccc3C)C(=O)C(=O)N2CCCOC)cc1OC. The van der Waals surface area contributed by atoms with Crippen LogP contribution >= 0.6 is 0 Å². The lowest BCUT2D eigenvalue weighted by atomic mass is 9.93. The van der Waals surface area contributed by atoms with E-state index in [9.17, 15) is 14.7 Å². The number of benzene rings is 2. The van der Waals surface area contributed by atoms with Crippen LogP contribution in [0.2, 0.25) is 0 Å². The van der Waals surface area contributed by atoms with Crippen LogP contribution in [0.25, 0.3) is 5.76 Å². The van der Waals surface area contributed by atoms with Gasteiger partial charge in [-0.2, -0.15) is 0 Å². The summed E-state index contributed by atoms with van der Waals surface area (Å²) in [5.74, 6) is -0.398. The Balaban J connectivity index is 2.09. The second kappa shape index (κ2) is 12.6. The molecule has 1 aliphatic rings. The number of Topliss-reactive ketones (excluding diaryl/α,β-unsaturated/α-hetero) is 1. The Kier molecular flexibility index (Phi) is 9.53. The van der Waals surface area contributed by atoms with Gasteiger partial charge < -0.3 is 24.2 Å². The molecule has 0 bridgehead atoms. The van der Waals surface area contributed by atoms with Crippen LogP contribution in [0.1, 0.15) is 60.9 Å². The van der Waals surface area contributed by atoms with Crippen molar-refractivity contribution in [2.75, 3.05) is 34.0 Å². The molecule has 1 fully saturated rings. The number of hydrogen-bond acceptors (Lipinski definition) is 6. The van der Waals surface area contributed by atoms with Crippen molar-refractivity contribution < 1.29 is 28.9 Å². The summed E-state index contributed by atoms with van der Waals surface area (Å²) in [6.07, 6.45) is 3.67. The van der Waals surface area contributed by atoms with Gasteiger partial charge in [0.05, 0.1) is 25.3 Å². The molecular formula is C29H37NO6. The number of rotatable bonds is 12. The molecule has 0 radical (unpaired) electrons. The lowest BCUT2D eigenvalue weighted by Crippen LogP contribution is -2.31. The lowest BCUT2D eigenvalue weighted by molar-refractivity contribution is -0.140. The topological polar surface area (TPSA) is 85.3 Å². The quantitative estimate of drug-likeness (QED) is 0.185. The van der Waals surface area contributed by atoms with Crippen LogP contribution in [0, 0.1) is 13.8 Å². The Bertz CT molecular complexity index is 1120. The maximum atomic E-state index is 13.3. The first-order valence-corrected chi connectivity index (χ1v) is 12.5. The summed E-state index contributed by atoms with van der Waals surface area (Å²) in [4.78, 5) is 27.9. The van der Waals surface area contributed by atoms with Gasteiger partial charge in [-0.15, -0.1) is 0 Å². The third-order valence-electron chi connectivity index (χ3n) is 6.44. The molecule has 0 spiro atoms. The minimum atomic E-state index is -0.759. The van der Waals surface area contributed by atoms with Crippen molar-refractivity contribution in [1.29, 1.82) is 0 Å². The average Bonchev–Trinajstić information content (AvgIpc) is 3.13. The van der Waals surface area contributed by atoms with Gasteiger partial charge >= 0.3 is 0 Å². The van der Waals surface area contributed by atoms with Gasteiger partial charge in [0, 0.05) is 25.8 Å². The Labute approximate surface area is 213 Å². The first kappa shape index (κ1) is 27.3. The molecular weight excluding hydrogens is 458 g/mol. The van der Waals surface area contributed by atoms with E-state index in [4.69, 9.17) is 14.2 Å². The number of hydrogen-bond donors (Lipinski definition) is 1. The predicted molar refractivity (Wildman–Crippen MR) is 139 cm³/mol. The van der Waals surface area contributed by atoms with Crippen LogP contribution in [0.3, 0.4) is 0 Å². The van der Waals surface area contributed by atoms with E-state index < -0.39 is 17.7 Å². The number of methoxy groups -OCH3 is 2. The van der Waals surface area contributed by atoms with Crippen LogP contribution in [0.4, 0.5) is 0 Å². The molecule has 1 amide bonds. The summed E-state index contributed by atoms with van der Waals surface area (Å²) in [7, 11) is 3.15. The molecule has 7 heteroatoms. The standard InChI is InChI=1S/C29H37NO6/c1-6-7-8-16-36-23-13-12-21(18-24(23)35-5)26-25(27(31)22-17-19(2)10-11-20(22)3)28(32)29(33)30(26)14-9-15-34-4/h10-13,17-18,26,31H,6-9,14-16H2,1-5H3/b27-25+. The fraction of sp³-hybridized carbons (Fsp3) is 0.448. The molecule has 0 saturated carbocycles. The zero-order valence-electron chi connectivity index (χ0n) is 21.9. The fourth-order valence-electron chi connectivity index (χ4n) is 4.48. The number of aryl methyl sites for hydroxylation is 2. The summed E-state index contributed by atoms with van der Waals surface area (Å²) < 4.78 is 16.7. The van der Waals surface area contributed by atoms with Crippen LogP contribution in [0.5, 0.6) is 11.5 Å². The monoisotopic (exact) mass is 495 g/mol. The highest BCUT2D eigenvalue weighted by molar-refractivity contribution is 6.46. The minimum absolute atomic E-state index is 0.0739. The number of ether oxygens (including phenoxy) is 3. The highest BCUT2D eigenvalue weighted by Crippen LogP contribution is 2.42. The molecule has 1 aliphatic heterocycles. The number of carbonyl (C=O) groups excluding carboxylic acids is 2. The molecule has 194 valence electrons. The van der Waals surface area contributed by atoms with Crippen molar-refractivity contribution in [3.05, 3.63) is 64.2 Å². The van der Waals surface area contributed by atoms with Crippen molar-refractivity contribution in [3.8, 4) is 11.5 Å². The zero-order chi connectivity index (χ0) is 26.2. The van der Waals surface area contributed by atoms with E-state index in [1.165, 1.54) is 4.90 Å². The molecule has 0 aromatic heterocycles. The van der Waals surface area contributed by atoms with Crippen LogP contribution in [0.15, 0.2) is 42.0 Å². The Morgan fingerprint density at radius 3 is 2.44 bits per heavy atom. The third-order valence-corrected chi connectivity index (χ3v) is 6.44. The van der Waals surface area contributed by atoms with Crippen molar-refractivity contribution in [3.63, 3.8) is 0 Å². The van der Waals surface area contributed by atoms with Crippen molar-refractivity contribution in [2.24, 2.45) is 0 Å². The van der Waals surface area contributed by atoms with Gasteiger partial charge in [-0.1, -0.05) is 43.5 Å². The van der Waals surface area contributed by atoms with Gasteiger partial charge in [-0.05, 0) is 56.0 Å². The first-order valence-electron chi connectivity index (χ1n) is 12.5. The smallest absolute Gasteiger partial charge is 0.295 e. The number of nitrogens with zero attached hydrogens (tertiary/aromatic N) is 1. The highest BCUT2D eigenvalue weighted by Gasteiger charge is 2.46. The van der Waals surface area contributed by atoms with Crippen molar-refractivity contribution >= 4 is 17.4 Å². The fourth-order valence-corrected chi connectivity index (χ4v) is 4.48. The number of aliphatic hydroxyl groups is 1. The van der Waals surface area contributed by atoms with Gasteiger partial charge in [0.2, 0.25) is 0 Å². The highest BCUT2D eigenvalue weighted by atomic mass is 16.5. The molecule has 2 aromatic carbocycles. The summed E-state index contributed by atoms with van der Waals surface area (Å²) in [5.41, 5.74) is 3.04. The Hall–Kier alpha value is -3.32. The zero-order valence-corrected chi connectivity index (χ0v) is 21.9. The van der Waals surface area contributed by atoms with E-state index in [1.54, 1.807) is 26.4 Å². The minimum Gasteiger partial charge on any atom is -0.507 e. The van der Waals surface area contributed by atoms with E-state index >= 15 is 0 Å². The van der Waals surface area contributed by atoms with Crippen LogP contribution in [-0.2, 0) is 14.3 Å². The number of unbranched alkanes of at least 4 members (excludes halogenated alkanes) is 2. The number of likely N-dealkylation sites (tertiary alicyclic amines) is 1. The van der Waals surface area contributed by atoms with Gasteiger partial charge in [-0.3, -0.25) is 9.59 Å². The largest absolute Gasteiger partial charge is 0.507 e. The Morgan fingerprint density at radius 1 is 0.972 bits per heavy atom. The molecule has 1 atom stereocenters. The maximum absolute atomic E-state index is 13.3. The van der Waals surface area contributed by atoms with E-state index in [2.05, 4.69) is 6.92 Å². The van der Waals surface area contributed by atoms with E-state index in [1.807, 2.05) is 38.1 Å². The normalized spacial score (nSPS) is 17.0. The van der Waals surface area contributed by atoms with Crippen LogP contribution < -0.4 is 9.47 Å². The van der Waals surface area contributed by atoms with Crippen LogP contribution in [-0.4, -0.2) is 55.7 Å². The molecule has 1 saturated heterocycles. The van der Waals surface area contributed by atoms with Crippen molar-refractivity contribution in [2.45, 2.75) is 52.5 Å². The maximum Gasteiger partial charge on any atom is 0.295 e. The second-order valence-electron chi connectivity index (χ2n) is 9.12. The van der Waals surface area contributed by atoms with E-state index in [-0.39, 0.29) is 11.3 Å². The average molecular weight is 496 g/mol. The van der Waals surface area contributed by atoms with Gasteiger partial charge in [0.15, 0.2) is 11.5 Å². The summed E-state index contributed by atoms with van der Waals surface area (Å²) in [6, 6.07) is 10.3. The molecule has 1 unspecified atom stereocenters. The van der Waals surface area contributed by atoms with Gasteiger partial charge in [0.1, 0.15) is 5.76 Å². The molecule has 1 heterocycles. The molecule has 3 rings (SSSR count). The molecule has 36 heavy (non-hydrogen) atoms. The first-order chi connectivity index (χ1) is 17.3. The van der Waals surface area contributed by atoms with Gasteiger partial charge in [0.25, 0.3) is 11.7 Å². The molecule has 1 N–H and O–H groups in total. The molecule has 2 aromatic rings. The Morgan fingerprint density at radius 2 is 1.75 bits per heavy atom. The second-order valence-corrected chi connectivity index (χ2v) is 9.12. The van der Waals surface area contributed by atoms with E-state index in [0.29, 0.717) is 48.8 Å². The summed E-state index contributed by atoms with van der Waals surface area (Å²) in [6.45, 7) is 7.25.